The first kappa shape index (κ1) is 15.5. The van der Waals surface area contributed by atoms with Crippen LogP contribution in [0, 0.1) is 0 Å². The molecule has 1 aliphatic rings. The maximum atomic E-state index is 12.3. The minimum atomic E-state index is -0.954. The number of aliphatic carboxylic acids is 1. The van der Waals surface area contributed by atoms with Crippen molar-refractivity contribution in [3.8, 4) is 0 Å². The lowest BCUT2D eigenvalue weighted by Gasteiger charge is -2.32. The molecule has 7 heteroatoms. The van der Waals surface area contributed by atoms with E-state index in [1.165, 1.54) is 0 Å². The molecule has 0 unspecified atom stereocenters. The van der Waals surface area contributed by atoms with Crippen LogP contribution in [0.4, 0.5) is 5.82 Å². The number of piperidine rings is 1. The Balaban J connectivity index is 1.97. The molecule has 0 bridgehead atoms. The molecule has 0 spiro atoms. The van der Waals surface area contributed by atoms with E-state index in [1.54, 1.807) is 17.0 Å². The van der Waals surface area contributed by atoms with Crippen molar-refractivity contribution in [3.05, 3.63) is 22.7 Å². The van der Waals surface area contributed by atoms with Crippen LogP contribution in [0.5, 0.6) is 0 Å². The molecule has 2 rings (SSSR count). The molecule has 0 radical (unpaired) electrons. The van der Waals surface area contributed by atoms with Gasteiger partial charge in [0.05, 0.1) is 6.10 Å². The topological polar surface area (TPSA) is 84.7 Å². The van der Waals surface area contributed by atoms with Crippen molar-refractivity contribution >= 4 is 11.8 Å². The number of ether oxygens (including phenoxy) is 1. The number of aryl methyl sites for hydroxylation is 1. The third-order valence-electron chi connectivity index (χ3n) is 3.54. The predicted molar refractivity (Wildman–Crippen MR) is 77.6 cm³/mol. The van der Waals surface area contributed by atoms with Gasteiger partial charge in [0.25, 0.3) is 5.56 Å². The van der Waals surface area contributed by atoms with Gasteiger partial charge < -0.3 is 19.3 Å². The fraction of sp³-hybridized carbons (Fsp3) is 0.643. The number of nitrogens with zero attached hydrogens (tertiary/aromatic N) is 3. The van der Waals surface area contributed by atoms with Crippen LogP contribution in [-0.2, 0) is 16.1 Å². The number of carbonyl (C=O) groups is 1. The highest BCUT2D eigenvalue weighted by atomic mass is 16.5. The third kappa shape index (κ3) is 4.04. The Labute approximate surface area is 123 Å². The Morgan fingerprint density at radius 2 is 2.19 bits per heavy atom. The largest absolute Gasteiger partial charge is 0.480 e. The van der Waals surface area contributed by atoms with Gasteiger partial charge in [0.1, 0.15) is 6.61 Å². The molecule has 0 atom stereocenters. The number of rotatable bonds is 6. The van der Waals surface area contributed by atoms with E-state index in [1.807, 2.05) is 11.8 Å². The summed E-state index contributed by atoms with van der Waals surface area (Å²) in [7, 11) is 0. The van der Waals surface area contributed by atoms with Gasteiger partial charge in [-0.1, -0.05) is 6.92 Å². The van der Waals surface area contributed by atoms with Gasteiger partial charge >= 0.3 is 5.97 Å². The molecule has 7 nitrogen and oxygen atoms in total. The molecule has 1 saturated heterocycles. The van der Waals surface area contributed by atoms with Gasteiger partial charge in [-0.3, -0.25) is 4.79 Å². The molecule has 0 saturated carbocycles. The van der Waals surface area contributed by atoms with E-state index >= 15 is 0 Å². The first-order valence-electron chi connectivity index (χ1n) is 7.25. The van der Waals surface area contributed by atoms with Gasteiger partial charge in [0.2, 0.25) is 0 Å². The minimum absolute atomic E-state index is 0.0565. The molecule has 1 aromatic rings. The van der Waals surface area contributed by atoms with Gasteiger partial charge in [0, 0.05) is 32.0 Å². The number of aromatic nitrogens is 2. The number of carboxylic acid groups (broad SMARTS) is 1. The van der Waals surface area contributed by atoms with Crippen LogP contribution in [-0.4, -0.2) is 46.4 Å². The van der Waals surface area contributed by atoms with Crippen molar-refractivity contribution in [2.75, 3.05) is 24.6 Å². The fourth-order valence-electron chi connectivity index (χ4n) is 2.49. The summed E-state index contributed by atoms with van der Waals surface area (Å²) in [5.41, 5.74) is -0.0655. The van der Waals surface area contributed by atoms with Crippen LogP contribution in [0.15, 0.2) is 17.2 Å². The maximum Gasteiger partial charge on any atom is 0.329 e. The second kappa shape index (κ2) is 7.21. The highest BCUT2D eigenvalue weighted by Crippen LogP contribution is 2.17. The van der Waals surface area contributed by atoms with Crippen molar-refractivity contribution in [1.82, 2.24) is 9.55 Å². The maximum absolute atomic E-state index is 12.3. The summed E-state index contributed by atoms with van der Waals surface area (Å²) in [5.74, 6) is -0.479. The summed E-state index contributed by atoms with van der Waals surface area (Å²) in [4.78, 5) is 28.9. The normalized spacial score (nSPS) is 16.1. The Morgan fingerprint density at radius 3 is 2.81 bits per heavy atom. The molecule has 1 aromatic heterocycles. The minimum Gasteiger partial charge on any atom is -0.480 e. The van der Waals surface area contributed by atoms with Crippen molar-refractivity contribution in [1.29, 1.82) is 0 Å². The van der Waals surface area contributed by atoms with Crippen molar-refractivity contribution < 1.29 is 14.6 Å². The van der Waals surface area contributed by atoms with E-state index in [2.05, 4.69) is 4.98 Å². The molecule has 0 aliphatic carbocycles. The standard InChI is InChI=1S/C14H21N3O4/c1-2-6-17-9-5-15-13(14(17)20)16-7-3-11(4-8-16)21-10-12(18)19/h5,9,11H,2-4,6-8,10H2,1H3,(H,18,19). The van der Waals surface area contributed by atoms with E-state index in [0.29, 0.717) is 38.3 Å². The van der Waals surface area contributed by atoms with Crippen molar-refractivity contribution in [2.45, 2.75) is 38.8 Å². The van der Waals surface area contributed by atoms with E-state index in [-0.39, 0.29) is 18.3 Å². The molecule has 1 N–H and O–H groups in total. The zero-order valence-electron chi connectivity index (χ0n) is 12.2. The summed E-state index contributed by atoms with van der Waals surface area (Å²) in [6.45, 7) is 3.76. The Morgan fingerprint density at radius 1 is 1.48 bits per heavy atom. The Kier molecular flexibility index (Phi) is 5.32. The second-order valence-electron chi connectivity index (χ2n) is 5.14. The molecule has 116 valence electrons. The van der Waals surface area contributed by atoms with Crippen molar-refractivity contribution in [2.24, 2.45) is 0 Å². The van der Waals surface area contributed by atoms with Crippen LogP contribution in [0.1, 0.15) is 26.2 Å². The van der Waals surface area contributed by atoms with Crippen LogP contribution in [0.3, 0.4) is 0 Å². The molecule has 0 aromatic carbocycles. The van der Waals surface area contributed by atoms with E-state index in [9.17, 15) is 9.59 Å². The number of carboxylic acids is 1. The summed E-state index contributed by atoms with van der Waals surface area (Å²) in [6.07, 6.45) is 5.61. The van der Waals surface area contributed by atoms with Crippen LogP contribution >= 0.6 is 0 Å². The number of hydrogen-bond acceptors (Lipinski definition) is 5. The second-order valence-corrected chi connectivity index (χ2v) is 5.14. The lowest BCUT2D eigenvalue weighted by atomic mass is 10.1. The summed E-state index contributed by atoms with van der Waals surface area (Å²) >= 11 is 0. The summed E-state index contributed by atoms with van der Waals surface area (Å²) < 4.78 is 6.97. The Hall–Kier alpha value is -1.89. The molecule has 21 heavy (non-hydrogen) atoms. The molecule has 0 amide bonds. The van der Waals surface area contributed by atoms with E-state index in [0.717, 1.165) is 6.42 Å². The number of hydrogen-bond donors (Lipinski definition) is 1. The van der Waals surface area contributed by atoms with E-state index < -0.39 is 5.97 Å². The Bertz CT molecular complexity index is 535. The van der Waals surface area contributed by atoms with Gasteiger partial charge in [-0.2, -0.15) is 0 Å². The lowest BCUT2D eigenvalue weighted by Crippen LogP contribution is -2.41. The lowest BCUT2D eigenvalue weighted by molar-refractivity contribution is -0.144. The first-order chi connectivity index (χ1) is 10.1. The van der Waals surface area contributed by atoms with Crippen LogP contribution in [0.2, 0.25) is 0 Å². The summed E-state index contributed by atoms with van der Waals surface area (Å²) in [6, 6.07) is 0. The van der Waals surface area contributed by atoms with Crippen molar-refractivity contribution in [3.63, 3.8) is 0 Å². The quantitative estimate of drug-likeness (QED) is 0.832. The molecule has 2 heterocycles. The average Bonchev–Trinajstić information content (AvgIpc) is 2.48. The van der Waals surface area contributed by atoms with Crippen LogP contribution < -0.4 is 10.5 Å². The monoisotopic (exact) mass is 295 g/mol. The first-order valence-corrected chi connectivity index (χ1v) is 7.25. The molecule has 1 fully saturated rings. The molecular weight excluding hydrogens is 274 g/mol. The van der Waals surface area contributed by atoms with Gasteiger partial charge in [0.15, 0.2) is 5.82 Å². The average molecular weight is 295 g/mol. The summed E-state index contributed by atoms with van der Waals surface area (Å²) in [5, 5.41) is 8.60. The number of anilines is 1. The smallest absolute Gasteiger partial charge is 0.329 e. The molecular formula is C14H21N3O4. The third-order valence-corrected chi connectivity index (χ3v) is 3.54. The predicted octanol–water partition coefficient (Wildman–Crippen LogP) is 0.723. The van der Waals surface area contributed by atoms with E-state index in [4.69, 9.17) is 9.84 Å². The fourth-order valence-corrected chi connectivity index (χ4v) is 2.49. The zero-order chi connectivity index (χ0) is 15.2. The molecule has 1 aliphatic heterocycles. The highest BCUT2D eigenvalue weighted by molar-refractivity contribution is 5.68. The van der Waals surface area contributed by atoms with Gasteiger partial charge in [-0.25, -0.2) is 9.78 Å². The highest BCUT2D eigenvalue weighted by Gasteiger charge is 2.23. The van der Waals surface area contributed by atoms with Crippen LogP contribution in [0.25, 0.3) is 0 Å². The zero-order valence-corrected chi connectivity index (χ0v) is 12.2. The SMILES string of the molecule is CCCn1ccnc(N2CCC(OCC(=O)O)CC2)c1=O. The van der Waals surface area contributed by atoms with Gasteiger partial charge in [-0.05, 0) is 19.3 Å². The van der Waals surface area contributed by atoms with Gasteiger partial charge in [-0.15, -0.1) is 0 Å².